The first-order chi connectivity index (χ1) is 13.5. The van der Waals surface area contributed by atoms with E-state index in [9.17, 15) is 9.50 Å². The number of nitrogens with zero attached hydrogens (tertiary/aromatic N) is 3. The van der Waals surface area contributed by atoms with Gasteiger partial charge in [-0.1, -0.05) is 31.5 Å². The van der Waals surface area contributed by atoms with Crippen molar-refractivity contribution in [1.29, 1.82) is 0 Å². The maximum atomic E-state index is 14.2. The molecular weight excluding hydrogens is 381 g/mol. The van der Waals surface area contributed by atoms with Crippen molar-refractivity contribution in [2.45, 2.75) is 19.9 Å². The molecule has 2 aromatic heterocycles. The molecule has 8 heteroatoms. The van der Waals surface area contributed by atoms with Crippen LogP contribution in [0, 0.1) is 11.7 Å². The highest BCUT2D eigenvalue weighted by Gasteiger charge is 2.16. The summed E-state index contributed by atoms with van der Waals surface area (Å²) in [6.07, 6.45) is 3.33. The van der Waals surface area contributed by atoms with Crippen LogP contribution in [0.1, 0.15) is 13.8 Å². The third-order valence-corrected chi connectivity index (χ3v) is 4.55. The number of hydrogen-bond acceptors (Lipinski definition) is 6. The number of anilines is 3. The summed E-state index contributed by atoms with van der Waals surface area (Å²) in [6.45, 7) is 3.90. The Bertz CT molecular complexity index is 919. The van der Waals surface area contributed by atoms with Crippen molar-refractivity contribution in [3.63, 3.8) is 0 Å². The van der Waals surface area contributed by atoms with Crippen molar-refractivity contribution in [3.8, 4) is 11.3 Å². The lowest BCUT2D eigenvalue weighted by Crippen LogP contribution is -2.30. The molecule has 0 unspecified atom stereocenters. The highest BCUT2D eigenvalue weighted by Crippen LogP contribution is 2.29. The maximum absolute atomic E-state index is 14.2. The van der Waals surface area contributed by atoms with Gasteiger partial charge >= 0.3 is 0 Å². The van der Waals surface area contributed by atoms with E-state index < -0.39 is 5.82 Å². The molecule has 0 aliphatic rings. The molecule has 1 aromatic carbocycles. The smallest absolute Gasteiger partial charge is 0.225 e. The first-order valence-electron chi connectivity index (χ1n) is 8.86. The maximum Gasteiger partial charge on any atom is 0.225 e. The van der Waals surface area contributed by atoms with Crippen molar-refractivity contribution in [3.05, 3.63) is 59.6 Å². The summed E-state index contributed by atoms with van der Waals surface area (Å²) in [5.41, 5.74) is 1.58. The number of pyridine rings is 1. The van der Waals surface area contributed by atoms with Gasteiger partial charge in [0.2, 0.25) is 5.95 Å². The minimum Gasteiger partial charge on any atom is -0.394 e. The van der Waals surface area contributed by atoms with Crippen molar-refractivity contribution in [2.24, 2.45) is 5.92 Å². The standard InChI is InChI=1S/C20H21ClFN5O/c1-12(2)17(11-28)25-20-24-16(13-6-8-23-9-7-13)10-18(27-20)26-19-14(21)4-3-5-15(19)22/h3-10,12,17,28H,11H2,1-2H3,(H2,24,25,26,27)/t17-/m0/s1. The van der Waals surface area contributed by atoms with E-state index in [1.165, 1.54) is 12.1 Å². The van der Waals surface area contributed by atoms with Gasteiger partial charge in [-0.15, -0.1) is 0 Å². The Morgan fingerprint density at radius 3 is 2.54 bits per heavy atom. The summed E-state index contributed by atoms with van der Waals surface area (Å²) in [5.74, 6) is 0.367. The van der Waals surface area contributed by atoms with Crippen LogP contribution in [0.15, 0.2) is 48.8 Å². The highest BCUT2D eigenvalue weighted by molar-refractivity contribution is 6.33. The van der Waals surface area contributed by atoms with Gasteiger partial charge in [-0.3, -0.25) is 4.98 Å². The van der Waals surface area contributed by atoms with Crippen molar-refractivity contribution < 1.29 is 9.50 Å². The quantitative estimate of drug-likeness (QED) is 0.540. The predicted molar refractivity (Wildman–Crippen MR) is 109 cm³/mol. The number of aliphatic hydroxyl groups is 1. The number of rotatable bonds is 7. The van der Waals surface area contributed by atoms with E-state index in [0.717, 1.165) is 5.56 Å². The molecule has 0 aliphatic heterocycles. The fourth-order valence-electron chi connectivity index (χ4n) is 2.58. The molecule has 3 N–H and O–H groups in total. The van der Waals surface area contributed by atoms with Gasteiger partial charge in [-0.05, 0) is 30.2 Å². The zero-order chi connectivity index (χ0) is 20.1. The lowest BCUT2D eigenvalue weighted by molar-refractivity contribution is 0.248. The minimum atomic E-state index is -0.485. The predicted octanol–water partition coefficient (Wildman–Crippen LogP) is 4.50. The number of para-hydroxylation sites is 1. The molecule has 0 amide bonds. The number of hydrogen-bond donors (Lipinski definition) is 3. The van der Waals surface area contributed by atoms with Gasteiger partial charge < -0.3 is 15.7 Å². The number of aliphatic hydroxyl groups excluding tert-OH is 1. The van der Waals surface area contributed by atoms with Crippen LogP contribution in [0.25, 0.3) is 11.3 Å². The van der Waals surface area contributed by atoms with E-state index in [4.69, 9.17) is 11.6 Å². The van der Waals surface area contributed by atoms with E-state index in [1.807, 2.05) is 26.0 Å². The second-order valence-electron chi connectivity index (χ2n) is 6.60. The molecule has 0 radical (unpaired) electrons. The zero-order valence-electron chi connectivity index (χ0n) is 15.5. The van der Waals surface area contributed by atoms with Crippen LogP contribution in [0.5, 0.6) is 0 Å². The minimum absolute atomic E-state index is 0.0670. The molecule has 0 aliphatic carbocycles. The summed E-state index contributed by atoms with van der Waals surface area (Å²) < 4.78 is 14.2. The van der Waals surface area contributed by atoms with Crippen LogP contribution in [-0.4, -0.2) is 32.7 Å². The fraction of sp³-hybridized carbons (Fsp3) is 0.250. The lowest BCUT2D eigenvalue weighted by Gasteiger charge is -2.21. The molecule has 3 rings (SSSR count). The monoisotopic (exact) mass is 401 g/mol. The van der Waals surface area contributed by atoms with Crippen LogP contribution < -0.4 is 10.6 Å². The largest absolute Gasteiger partial charge is 0.394 e. The second kappa shape index (κ2) is 8.95. The summed E-state index contributed by atoms with van der Waals surface area (Å²) in [6, 6.07) is 9.56. The number of aromatic nitrogens is 3. The molecule has 2 heterocycles. The summed E-state index contributed by atoms with van der Waals surface area (Å²) in [4.78, 5) is 13.0. The average Bonchev–Trinajstić information content (AvgIpc) is 2.69. The second-order valence-corrected chi connectivity index (χ2v) is 7.00. The van der Waals surface area contributed by atoms with Crippen LogP contribution in [0.2, 0.25) is 5.02 Å². The molecule has 1 atom stereocenters. The van der Waals surface area contributed by atoms with E-state index in [0.29, 0.717) is 17.5 Å². The molecule has 28 heavy (non-hydrogen) atoms. The van der Waals surface area contributed by atoms with E-state index in [1.54, 1.807) is 24.5 Å². The van der Waals surface area contributed by atoms with Crippen LogP contribution in [0.4, 0.5) is 21.8 Å². The molecule has 6 nitrogen and oxygen atoms in total. The van der Waals surface area contributed by atoms with Crippen molar-refractivity contribution >= 4 is 29.1 Å². The first kappa shape index (κ1) is 20.0. The summed E-state index contributed by atoms with van der Waals surface area (Å²) >= 11 is 6.12. The van der Waals surface area contributed by atoms with Gasteiger partial charge in [-0.2, -0.15) is 4.98 Å². The van der Waals surface area contributed by atoms with E-state index in [-0.39, 0.29) is 29.3 Å². The molecular formula is C20H21ClFN5O. The molecule has 0 fully saturated rings. The molecule has 0 saturated heterocycles. The molecule has 146 valence electrons. The fourth-order valence-corrected chi connectivity index (χ4v) is 2.79. The Balaban J connectivity index is 2.02. The lowest BCUT2D eigenvalue weighted by atomic mass is 10.1. The molecule has 0 saturated carbocycles. The van der Waals surface area contributed by atoms with Crippen LogP contribution >= 0.6 is 11.6 Å². The Labute approximate surface area is 167 Å². The van der Waals surface area contributed by atoms with Gasteiger partial charge in [0, 0.05) is 24.0 Å². The Hall–Kier alpha value is -2.77. The Morgan fingerprint density at radius 1 is 1.14 bits per heavy atom. The number of benzene rings is 1. The van der Waals surface area contributed by atoms with Crippen LogP contribution in [0.3, 0.4) is 0 Å². The van der Waals surface area contributed by atoms with Crippen LogP contribution in [-0.2, 0) is 0 Å². The SMILES string of the molecule is CC(C)[C@H](CO)Nc1nc(Nc2c(F)cccc2Cl)cc(-c2ccncc2)n1. The zero-order valence-corrected chi connectivity index (χ0v) is 16.3. The number of nitrogens with one attached hydrogen (secondary N) is 2. The number of halogens is 2. The van der Waals surface area contributed by atoms with Crippen molar-refractivity contribution in [1.82, 2.24) is 15.0 Å². The van der Waals surface area contributed by atoms with Gasteiger partial charge in [0.25, 0.3) is 0 Å². The molecule has 0 spiro atoms. The van der Waals surface area contributed by atoms with E-state index >= 15 is 0 Å². The normalized spacial score (nSPS) is 12.1. The van der Waals surface area contributed by atoms with Gasteiger partial charge in [-0.25, -0.2) is 9.37 Å². The van der Waals surface area contributed by atoms with Gasteiger partial charge in [0.15, 0.2) is 0 Å². The first-order valence-corrected chi connectivity index (χ1v) is 9.23. The molecule has 3 aromatic rings. The Morgan fingerprint density at radius 2 is 1.89 bits per heavy atom. The van der Waals surface area contributed by atoms with Crippen molar-refractivity contribution in [2.75, 3.05) is 17.2 Å². The van der Waals surface area contributed by atoms with Gasteiger partial charge in [0.1, 0.15) is 11.6 Å². The Kier molecular flexibility index (Phi) is 6.38. The molecule has 0 bridgehead atoms. The average molecular weight is 402 g/mol. The third kappa shape index (κ3) is 4.74. The third-order valence-electron chi connectivity index (χ3n) is 4.23. The summed E-state index contributed by atoms with van der Waals surface area (Å²) in [7, 11) is 0. The van der Waals surface area contributed by atoms with E-state index in [2.05, 4.69) is 25.6 Å². The highest BCUT2D eigenvalue weighted by atomic mass is 35.5. The topological polar surface area (TPSA) is 83.0 Å². The summed E-state index contributed by atoms with van der Waals surface area (Å²) in [5, 5.41) is 15.9. The van der Waals surface area contributed by atoms with Gasteiger partial charge in [0.05, 0.1) is 29.1 Å².